The number of likely N-dealkylation sites (N-methyl/N-ethyl adjacent to an activating group) is 1. The van der Waals surface area contributed by atoms with Crippen molar-refractivity contribution in [2.75, 3.05) is 51.3 Å². The molecule has 0 radical (unpaired) electrons. The number of halogens is 6. The Hall–Kier alpha value is -4.61. The summed E-state index contributed by atoms with van der Waals surface area (Å²) < 4.78 is 78.8. The highest BCUT2D eigenvalue weighted by Gasteiger charge is 2.43. The highest BCUT2D eigenvalue weighted by molar-refractivity contribution is 6.36. The van der Waals surface area contributed by atoms with Crippen LogP contribution in [0.25, 0.3) is 37.8 Å². The summed E-state index contributed by atoms with van der Waals surface area (Å²) >= 11 is 6.32. The number of likely N-dealkylation sites (tertiary alicyclic amines) is 1. The number of hydrogen-bond acceptors (Lipinski definition) is 7. The summed E-state index contributed by atoms with van der Waals surface area (Å²) in [5.74, 6) is -6.44. The van der Waals surface area contributed by atoms with Crippen molar-refractivity contribution in [1.29, 1.82) is 0 Å². The molecular formula is C32H27ClF5N7O2. The number of anilines is 1. The molecule has 15 heteroatoms. The zero-order chi connectivity index (χ0) is 33.6. The molecule has 47 heavy (non-hydrogen) atoms. The minimum Gasteiger partial charge on any atom is -0.462 e. The molecule has 9 nitrogen and oxygen atoms in total. The van der Waals surface area contributed by atoms with E-state index in [2.05, 4.69) is 26.4 Å². The monoisotopic (exact) mass is 671 g/mol. The number of alkyl halides is 2. The Balaban J connectivity index is 1.46. The van der Waals surface area contributed by atoms with E-state index in [0.29, 0.717) is 5.39 Å². The molecule has 2 aliphatic heterocycles. The number of benzene rings is 2. The largest absolute Gasteiger partial charge is 0.462 e. The number of piperazine rings is 1. The van der Waals surface area contributed by atoms with Crippen LogP contribution in [-0.4, -0.2) is 95.0 Å². The molecule has 1 amide bonds. The van der Waals surface area contributed by atoms with E-state index in [9.17, 15) is 22.4 Å². The third-order valence-electron chi connectivity index (χ3n) is 8.45. The second kappa shape index (κ2) is 12.5. The van der Waals surface area contributed by atoms with E-state index in [-0.39, 0.29) is 77.2 Å². The number of hydrogen-bond donors (Lipinski definition) is 0. The number of ether oxygens (including phenoxy) is 1. The van der Waals surface area contributed by atoms with Crippen molar-refractivity contribution >= 4 is 45.0 Å². The molecule has 4 aromatic rings. The van der Waals surface area contributed by atoms with Crippen molar-refractivity contribution in [1.82, 2.24) is 24.8 Å². The van der Waals surface area contributed by atoms with Crippen LogP contribution in [0.4, 0.5) is 27.8 Å². The summed E-state index contributed by atoms with van der Waals surface area (Å²) in [7, 11) is 1.54. The third-order valence-corrected chi connectivity index (χ3v) is 8.82. The molecule has 244 valence electrons. The summed E-state index contributed by atoms with van der Waals surface area (Å²) in [6, 6.07) is 5.89. The third kappa shape index (κ3) is 6.13. The fourth-order valence-corrected chi connectivity index (χ4v) is 6.44. The molecular weight excluding hydrogens is 645 g/mol. The molecule has 0 bridgehead atoms. The van der Waals surface area contributed by atoms with Crippen LogP contribution in [0.2, 0.25) is 5.02 Å². The number of rotatable bonds is 7. The maximum Gasteiger partial charge on any atom is 0.319 e. The Morgan fingerprint density at radius 3 is 2.68 bits per heavy atom. The number of carbonyl (C=O) groups is 1. The first-order valence-corrected chi connectivity index (χ1v) is 14.9. The van der Waals surface area contributed by atoms with Gasteiger partial charge in [-0.05, 0) is 18.5 Å². The number of amides is 1. The van der Waals surface area contributed by atoms with Gasteiger partial charge in [-0.15, -0.1) is 0 Å². The van der Waals surface area contributed by atoms with Gasteiger partial charge in [-0.3, -0.25) is 14.7 Å². The van der Waals surface area contributed by atoms with Gasteiger partial charge in [-0.2, -0.15) is 9.97 Å². The zero-order valence-corrected chi connectivity index (χ0v) is 25.7. The number of pyridine rings is 1. The van der Waals surface area contributed by atoms with E-state index in [1.807, 2.05) is 0 Å². The van der Waals surface area contributed by atoms with Crippen LogP contribution in [-0.2, 0) is 4.79 Å². The van der Waals surface area contributed by atoms with Gasteiger partial charge in [0.2, 0.25) is 6.54 Å². The minimum atomic E-state index is -2.90. The van der Waals surface area contributed by atoms with Crippen molar-refractivity contribution < 1.29 is 31.5 Å². The fraction of sp³-hybridized carbons (Fsp3) is 0.344. The quantitative estimate of drug-likeness (QED) is 0.137. The van der Waals surface area contributed by atoms with Gasteiger partial charge in [0, 0.05) is 49.2 Å². The number of fused-ring (bicyclic) bond motifs is 2. The topological polar surface area (TPSA) is 79.1 Å². The smallest absolute Gasteiger partial charge is 0.319 e. The molecule has 2 atom stereocenters. The van der Waals surface area contributed by atoms with Gasteiger partial charge >= 0.3 is 6.01 Å². The first kappa shape index (κ1) is 32.3. The normalized spacial score (nSPS) is 19.7. The number of carbonyl (C=O) groups excluding carboxylic acids is 1. The molecule has 0 aliphatic carbocycles. The van der Waals surface area contributed by atoms with E-state index in [4.69, 9.17) is 22.9 Å². The summed E-state index contributed by atoms with van der Waals surface area (Å²) in [5, 5.41) is 0.734. The highest BCUT2D eigenvalue weighted by Crippen LogP contribution is 2.39. The Morgan fingerprint density at radius 1 is 1.19 bits per heavy atom. The number of nitrogens with zero attached hydrogens (tertiary/aromatic N) is 7. The first-order chi connectivity index (χ1) is 22.4. The molecule has 2 aliphatic rings. The van der Waals surface area contributed by atoms with Crippen LogP contribution in [0.5, 0.6) is 6.01 Å². The van der Waals surface area contributed by atoms with E-state index < -0.39 is 54.3 Å². The molecule has 0 N–H and O–H groups in total. The van der Waals surface area contributed by atoms with Gasteiger partial charge in [0.05, 0.1) is 17.0 Å². The Bertz CT molecular complexity index is 1960. The highest BCUT2D eigenvalue weighted by atomic mass is 35.5. The lowest BCUT2D eigenvalue weighted by Crippen LogP contribution is -2.56. The lowest BCUT2D eigenvalue weighted by Gasteiger charge is -2.39. The van der Waals surface area contributed by atoms with Crippen molar-refractivity contribution in [3.63, 3.8) is 0 Å². The van der Waals surface area contributed by atoms with Crippen molar-refractivity contribution in [2.24, 2.45) is 0 Å². The second-order valence-corrected chi connectivity index (χ2v) is 11.9. The molecule has 4 heterocycles. The Labute approximate surface area is 271 Å². The number of aromatic nitrogens is 3. The summed E-state index contributed by atoms with van der Waals surface area (Å²) in [6.07, 6.45) is 0.897. The summed E-state index contributed by atoms with van der Waals surface area (Å²) in [5.41, 5.74) is -0.189. The maximum atomic E-state index is 16.6. The van der Waals surface area contributed by atoms with Gasteiger partial charge in [0.1, 0.15) is 35.5 Å². The van der Waals surface area contributed by atoms with Crippen LogP contribution < -0.4 is 9.64 Å². The molecule has 0 spiro atoms. The van der Waals surface area contributed by atoms with Crippen molar-refractivity contribution in [3.8, 4) is 17.3 Å². The summed E-state index contributed by atoms with van der Waals surface area (Å²) in [6.45, 7) is 9.77. The molecule has 6 rings (SSSR count). The van der Waals surface area contributed by atoms with Crippen LogP contribution in [0.3, 0.4) is 0 Å². The SMILES string of the molecule is [C-]#[N+]C[C@H]1CN(c2nc(OC[C@@H]3CC(F)(F)CN3C)nc3c(F)c(-c4cccc5ccc(F)c(Cl)c45)ncc23)CCN1C(=O)C(=C)F. The maximum absolute atomic E-state index is 16.6. The molecule has 2 aromatic heterocycles. The standard InChI is InChI=1S/C32H27ClF5N7O2/c1-17(34)30(46)45-10-9-44(14-20(45)12-39-2)29-22-13-40-27(21-6-4-5-18-7-8-23(35)25(33)24(18)21)26(36)28(22)41-31(42-29)47-15-19-11-32(37,38)16-43(19)3/h4-8,13,19-20H,1,9-12,14-16H2,3H3/t19-,20-/m0/s1. The molecule has 2 aromatic carbocycles. The zero-order valence-electron chi connectivity index (χ0n) is 25.0. The van der Waals surface area contributed by atoms with Crippen LogP contribution in [0, 0.1) is 18.2 Å². The second-order valence-electron chi connectivity index (χ2n) is 11.6. The van der Waals surface area contributed by atoms with E-state index in [0.717, 1.165) is 0 Å². The van der Waals surface area contributed by atoms with E-state index in [1.54, 1.807) is 30.1 Å². The minimum absolute atomic E-state index is 0.000337. The Kier molecular flexibility index (Phi) is 8.62. The molecule has 2 saturated heterocycles. The lowest BCUT2D eigenvalue weighted by molar-refractivity contribution is -0.131. The van der Waals surface area contributed by atoms with Gasteiger partial charge in [0.15, 0.2) is 11.6 Å². The Morgan fingerprint density at radius 2 is 1.98 bits per heavy atom. The van der Waals surface area contributed by atoms with Gasteiger partial charge in [-0.25, -0.2) is 28.5 Å². The predicted octanol–water partition coefficient (Wildman–Crippen LogP) is 5.91. The molecule has 0 unspecified atom stereocenters. The van der Waals surface area contributed by atoms with Gasteiger partial charge in [0.25, 0.3) is 11.8 Å². The van der Waals surface area contributed by atoms with Crippen molar-refractivity contribution in [3.05, 3.63) is 77.0 Å². The predicted molar refractivity (Wildman–Crippen MR) is 166 cm³/mol. The molecule has 0 saturated carbocycles. The van der Waals surface area contributed by atoms with Gasteiger partial charge in [-0.1, -0.05) is 42.4 Å². The molecule has 2 fully saturated rings. The first-order valence-electron chi connectivity index (χ1n) is 14.6. The lowest BCUT2D eigenvalue weighted by atomic mass is 10.0. The van der Waals surface area contributed by atoms with Gasteiger partial charge < -0.3 is 19.4 Å². The fourth-order valence-electron chi connectivity index (χ4n) is 6.17. The van der Waals surface area contributed by atoms with E-state index in [1.165, 1.54) is 28.1 Å². The van der Waals surface area contributed by atoms with Crippen LogP contribution in [0.1, 0.15) is 6.42 Å². The summed E-state index contributed by atoms with van der Waals surface area (Å²) in [4.78, 5) is 33.4. The average molecular weight is 672 g/mol. The van der Waals surface area contributed by atoms with Crippen molar-refractivity contribution in [2.45, 2.75) is 24.4 Å². The van der Waals surface area contributed by atoms with E-state index >= 15 is 4.39 Å². The van der Waals surface area contributed by atoms with Crippen LogP contribution >= 0.6 is 11.6 Å². The average Bonchev–Trinajstić information content (AvgIpc) is 3.31. The van der Waals surface area contributed by atoms with Crippen LogP contribution in [0.15, 0.2) is 48.9 Å².